The Morgan fingerprint density at radius 2 is 1.90 bits per heavy atom. The summed E-state index contributed by atoms with van der Waals surface area (Å²) in [5.74, 6) is -3.11. The number of aliphatic hydroxyl groups is 3. The Labute approximate surface area is 180 Å². The maximum atomic E-state index is 16.9. The molecule has 7 nitrogen and oxygen atoms in total. The summed E-state index contributed by atoms with van der Waals surface area (Å²) < 4.78 is 21.7. The molecule has 3 saturated carbocycles. The van der Waals surface area contributed by atoms with Crippen molar-refractivity contribution in [1.82, 2.24) is 0 Å². The van der Waals surface area contributed by atoms with E-state index in [1.54, 1.807) is 13.8 Å². The fourth-order valence-electron chi connectivity index (χ4n) is 7.01. The van der Waals surface area contributed by atoms with Crippen molar-refractivity contribution in [3.05, 3.63) is 23.8 Å². The predicted octanol–water partition coefficient (Wildman–Crippen LogP) is 1.19. The topological polar surface area (TPSA) is 121 Å². The summed E-state index contributed by atoms with van der Waals surface area (Å²) in [6, 6.07) is 0. The van der Waals surface area contributed by atoms with E-state index in [1.807, 2.05) is 0 Å². The molecule has 0 unspecified atom stereocenters. The lowest BCUT2D eigenvalue weighted by Crippen LogP contribution is -2.69. The molecule has 0 amide bonds. The minimum absolute atomic E-state index is 0.0142. The fraction of sp³-hybridized carbons (Fsp3) is 0.696. The van der Waals surface area contributed by atoms with Crippen LogP contribution in [0.15, 0.2) is 23.8 Å². The smallest absolute Gasteiger partial charge is 0.303 e. The molecule has 0 heterocycles. The van der Waals surface area contributed by atoms with Gasteiger partial charge < -0.3 is 20.1 Å². The van der Waals surface area contributed by atoms with Gasteiger partial charge in [0.2, 0.25) is 5.78 Å². The first-order valence-corrected chi connectivity index (χ1v) is 10.7. The van der Waals surface area contributed by atoms with Gasteiger partial charge in [-0.25, -0.2) is 4.39 Å². The number of esters is 1. The number of carbonyl (C=O) groups is 3. The maximum absolute atomic E-state index is 16.9. The Bertz CT molecular complexity index is 912. The van der Waals surface area contributed by atoms with Gasteiger partial charge in [-0.1, -0.05) is 18.6 Å². The van der Waals surface area contributed by atoms with E-state index >= 15 is 4.39 Å². The first kappa shape index (κ1) is 22.3. The number of halogens is 1. The van der Waals surface area contributed by atoms with Crippen LogP contribution < -0.4 is 0 Å². The molecule has 0 radical (unpaired) electrons. The van der Waals surface area contributed by atoms with Gasteiger partial charge in [-0.15, -0.1) is 0 Å². The summed E-state index contributed by atoms with van der Waals surface area (Å²) in [4.78, 5) is 35.9. The van der Waals surface area contributed by atoms with Crippen molar-refractivity contribution in [3.63, 3.8) is 0 Å². The number of hydrogen-bond donors (Lipinski definition) is 3. The molecule has 0 bridgehead atoms. The Hall–Kier alpha value is -1.90. The van der Waals surface area contributed by atoms with Crippen LogP contribution in [0.3, 0.4) is 0 Å². The monoisotopic (exact) mass is 436 g/mol. The van der Waals surface area contributed by atoms with Crippen molar-refractivity contribution < 1.29 is 38.8 Å². The second kappa shape index (κ2) is 6.80. The average Bonchev–Trinajstić information content (AvgIpc) is 2.89. The van der Waals surface area contributed by atoms with Gasteiger partial charge in [0.05, 0.1) is 12.2 Å². The van der Waals surface area contributed by atoms with E-state index in [4.69, 9.17) is 4.74 Å². The van der Waals surface area contributed by atoms with Crippen LogP contribution in [-0.2, 0) is 19.1 Å². The standard InChI is InChI=1S/C23H29FO7/c1-12(25)31-11-19(29)23(30)17(27)9-16-15-5-4-13-8-14(26)6-7-20(13,2)22(15,24)18(28)10-21(16,23)3/h6-8,15-18,27-28,30H,4-5,9-11H2,1-3H3/t15-,16-,17-,18-,20-,21-,22-,23+/m0/s1. The third kappa shape index (κ3) is 2.64. The van der Waals surface area contributed by atoms with Crippen molar-refractivity contribution in [1.29, 1.82) is 0 Å². The van der Waals surface area contributed by atoms with Crippen molar-refractivity contribution in [2.45, 2.75) is 69.9 Å². The van der Waals surface area contributed by atoms with E-state index in [1.165, 1.54) is 18.2 Å². The molecule has 0 spiro atoms. The fourth-order valence-corrected chi connectivity index (χ4v) is 7.01. The lowest BCUT2D eigenvalue weighted by atomic mass is 9.44. The molecule has 8 heteroatoms. The molecule has 3 fully saturated rings. The van der Waals surface area contributed by atoms with Crippen LogP contribution in [-0.4, -0.2) is 62.9 Å². The van der Waals surface area contributed by atoms with E-state index < -0.39 is 64.5 Å². The Morgan fingerprint density at radius 1 is 1.23 bits per heavy atom. The summed E-state index contributed by atoms with van der Waals surface area (Å²) in [6.07, 6.45) is 1.74. The van der Waals surface area contributed by atoms with Crippen LogP contribution in [0, 0.1) is 22.7 Å². The van der Waals surface area contributed by atoms with Crippen LogP contribution in [0.25, 0.3) is 0 Å². The van der Waals surface area contributed by atoms with E-state index in [0.29, 0.717) is 18.4 Å². The number of aliphatic hydroxyl groups excluding tert-OH is 2. The third-order valence-electron chi connectivity index (χ3n) is 8.69. The number of Topliss-reactive ketones (excluding diaryl/α,β-unsaturated/α-hetero) is 1. The van der Waals surface area contributed by atoms with Crippen molar-refractivity contribution in [2.24, 2.45) is 22.7 Å². The lowest BCUT2D eigenvalue weighted by Gasteiger charge is -2.62. The minimum atomic E-state index is -2.27. The molecule has 0 aromatic heterocycles. The molecule has 4 rings (SSSR count). The van der Waals surface area contributed by atoms with Gasteiger partial charge in [-0.05, 0) is 50.7 Å². The van der Waals surface area contributed by atoms with Crippen molar-refractivity contribution in [3.8, 4) is 0 Å². The van der Waals surface area contributed by atoms with Crippen LogP contribution in [0.4, 0.5) is 4.39 Å². The normalized spacial score (nSPS) is 48.4. The highest BCUT2D eigenvalue weighted by atomic mass is 19.1. The summed E-state index contributed by atoms with van der Waals surface area (Å²) in [5, 5.41) is 33.4. The van der Waals surface area contributed by atoms with E-state index in [9.17, 15) is 29.7 Å². The molecule has 4 aliphatic carbocycles. The van der Waals surface area contributed by atoms with Gasteiger partial charge in [0.15, 0.2) is 23.7 Å². The van der Waals surface area contributed by atoms with Crippen LogP contribution in [0.5, 0.6) is 0 Å². The zero-order chi connectivity index (χ0) is 23.0. The second-order valence-electron chi connectivity index (χ2n) is 9.99. The zero-order valence-corrected chi connectivity index (χ0v) is 17.9. The summed E-state index contributed by atoms with van der Waals surface area (Å²) in [7, 11) is 0. The van der Waals surface area contributed by atoms with Crippen molar-refractivity contribution >= 4 is 17.5 Å². The molecule has 170 valence electrons. The molecular formula is C23H29FO7. The largest absolute Gasteiger partial charge is 0.458 e. The predicted molar refractivity (Wildman–Crippen MR) is 106 cm³/mol. The van der Waals surface area contributed by atoms with E-state index in [0.717, 1.165) is 6.92 Å². The summed E-state index contributed by atoms with van der Waals surface area (Å²) >= 11 is 0. The number of hydrogen-bond acceptors (Lipinski definition) is 7. The minimum Gasteiger partial charge on any atom is -0.458 e. The van der Waals surface area contributed by atoms with Gasteiger partial charge in [0.1, 0.15) is 0 Å². The second-order valence-corrected chi connectivity index (χ2v) is 9.99. The number of rotatable bonds is 3. The van der Waals surface area contributed by atoms with Gasteiger partial charge >= 0.3 is 5.97 Å². The van der Waals surface area contributed by atoms with Gasteiger partial charge in [-0.2, -0.15) is 0 Å². The third-order valence-corrected chi connectivity index (χ3v) is 8.69. The van der Waals surface area contributed by atoms with Crippen LogP contribution >= 0.6 is 0 Å². The number of fused-ring (bicyclic) bond motifs is 5. The molecular weight excluding hydrogens is 407 g/mol. The Kier molecular flexibility index (Phi) is 4.89. The van der Waals surface area contributed by atoms with Crippen LogP contribution in [0.2, 0.25) is 0 Å². The number of alkyl halides is 1. The number of allylic oxidation sites excluding steroid dienone is 4. The molecule has 0 aromatic rings. The highest BCUT2D eigenvalue weighted by molar-refractivity contribution is 6.01. The average molecular weight is 436 g/mol. The first-order chi connectivity index (χ1) is 14.3. The molecule has 3 N–H and O–H groups in total. The molecule has 0 aliphatic heterocycles. The molecule has 0 aromatic carbocycles. The lowest BCUT2D eigenvalue weighted by molar-refractivity contribution is -0.222. The molecule has 31 heavy (non-hydrogen) atoms. The SMILES string of the molecule is CC(=O)OCC(=O)[C@]1(O)[C@@H](O)C[C@H]2[C@@H]3CCC4=CC(=O)C=C[C@]4(C)[C@@]3(F)[C@@H](O)C[C@@]21C. The summed E-state index contributed by atoms with van der Waals surface area (Å²) in [6.45, 7) is 3.69. The number of carbonyl (C=O) groups excluding carboxylic acids is 3. The van der Waals surface area contributed by atoms with Gasteiger partial charge in [0, 0.05) is 23.7 Å². The molecule has 8 atom stereocenters. The van der Waals surface area contributed by atoms with E-state index in [-0.39, 0.29) is 18.6 Å². The van der Waals surface area contributed by atoms with Gasteiger partial charge in [0.25, 0.3) is 0 Å². The number of ether oxygens (including phenoxy) is 1. The quantitative estimate of drug-likeness (QED) is 0.568. The summed E-state index contributed by atoms with van der Waals surface area (Å²) in [5.41, 5.74) is -6.28. The maximum Gasteiger partial charge on any atom is 0.303 e. The zero-order valence-electron chi connectivity index (χ0n) is 17.9. The Morgan fingerprint density at radius 3 is 2.55 bits per heavy atom. The molecule has 0 saturated heterocycles. The highest BCUT2D eigenvalue weighted by Crippen LogP contribution is 2.69. The van der Waals surface area contributed by atoms with Crippen LogP contribution in [0.1, 0.15) is 46.5 Å². The highest BCUT2D eigenvalue weighted by Gasteiger charge is 2.76. The number of ketones is 2. The van der Waals surface area contributed by atoms with E-state index in [2.05, 4.69) is 0 Å². The molecule has 4 aliphatic rings. The first-order valence-electron chi connectivity index (χ1n) is 10.7. The van der Waals surface area contributed by atoms with Crippen molar-refractivity contribution in [2.75, 3.05) is 6.61 Å². The Balaban J connectivity index is 1.76. The van der Waals surface area contributed by atoms with Gasteiger partial charge in [-0.3, -0.25) is 14.4 Å².